The first-order valence-electron chi connectivity index (χ1n) is 6.40. The summed E-state index contributed by atoms with van der Waals surface area (Å²) in [5.41, 5.74) is 4.61. The number of amides is 1. The molecule has 1 amide bonds. The van der Waals surface area contributed by atoms with Crippen LogP contribution in [0.15, 0.2) is 42.7 Å². The largest absolute Gasteiger partial charge is 0.348 e. The van der Waals surface area contributed by atoms with Crippen molar-refractivity contribution in [3.05, 3.63) is 53.9 Å². The van der Waals surface area contributed by atoms with Gasteiger partial charge in [-0.05, 0) is 12.1 Å². The Labute approximate surface area is 120 Å². The number of pyridine rings is 1. The average molecular weight is 282 g/mol. The van der Waals surface area contributed by atoms with E-state index in [-0.39, 0.29) is 5.91 Å². The molecular formula is C14H14N6O. The summed E-state index contributed by atoms with van der Waals surface area (Å²) >= 11 is 0. The van der Waals surface area contributed by atoms with Crippen LogP contribution in [0, 0.1) is 0 Å². The molecule has 7 nitrogen and oxygen atoms in total. The second-order valence-corrected chi connectivity index (χ2v) is 4.51. The van der Waals surface area contributed by atoms with Crippen molar-refractivity contribution < 1.29 is 4.79 Å². The van der Waals surface area contributed by atoms with E-state index in [4.69, 9.17) is 5.84 Å². The fraction of sp³-hybridized carbons (Fsp3) is 0.0714. The summed E-state index contributed by atoms with van der Waals surface area (Å²) < 4.78 is 0. The molecule has 1 aromatic carbocycles. The molecule has 0 aliphatic carbocycles. The van der Waals surface area contributed by atoms with Gasteiger partial charge in [0.15, 0.2) is 0 Å². The Hall–Kier alpha value is -2.93. The van der Waals surface area contributed by atoms with E-state index in [1.807, 2.05) is 24.3 Å². The van der Waals surface area contributed by atoms with E-state index in [0.717, 1.165) is 10.9 Å². The molecule has 0 radical (unpaired) electrons. The Balaban J connectivity index is 1.92. The SMILES string of the molecule is NNc1cc(C(=O)NCc2cn[nH]c2)c2ccccc2n1. The topological polar surface area (TPSA) is 109 Å². The molecule has 2 aromatic heterocycles. The Morgan fingerprint density at radius 3 is 2.95 bits per heavy atom. The molecule has 0 saturated carbocycles. The van der Waals surface area contributed by atoms with Gasteiger partial charge in [-0.2, -0.15) is 5.10 Å². The van der Waals surface area contributed by atoms with E-state index in [0.29, 0.717) is 23.4 Å². The number of nitrogens with zero attached hydrogens (tertiary/aromatic N) is 2. The number of nitrogen functional groups attached to an aromatic ring is 1. The van der Waals surface area contributed by atoms with Crippen LogP contribution in [0.5, 0.6) is 0 Å². The molecule has 3 aromatic rings. The van der Waals surface area contributed by atoms with Crippen molar-refractivity contribution >= 4 is 22.6 Å². The van der Waals surface area contributed by atoms with E-state index < -0.39 is 0 Å². The third-order valence-corrected chi connectivity index (χ3v) is 3.12. The maximum atomic E-state index is 12.4. The van der Waals surface area contributed by atoms with Gasteiger partial charge in [-0.1, -0.05) is 18.2 Å². The standard InChI is InChI=1S/C14H14N6O/c15-20-13-5-11(10-3-1-2-4-12(10)19-13)14(21)16-6-9-7-17-18-8-9/h1-5,7-8H,6,15H2,(H,16,21)(H,17,18)(H,19,20). The minimum absolute atomic E-state index is 0.189. The van der Waals surface area contributed by atoms with Crippen molar-refractivity contribution in [1.82, 2.24) is 20.5 Å². The van der Waals surface area contributed by atoms with Crippen LogP contribution in [0.1, 0.15) is 15.9 Å². The molecular weight excluding hydrogens is 268 g/mol. The van der Waals surface area contributed by atoms with Gasteiger partial charge < -0.3 is 10.7 Å². The van der Waals surface area contributed by atoms with Crippen LogP contribution in [-0.4, -0.2) is 21.1 Å². The molecule has 7 heteroatoms. The lowest BCUT2D eigenvalue weighted by atomic mass is 10.1. The number of H-pyrrole nitrogens is 1. The third kappa shape index (κ3) is 2.67. The van der Waals surface area contributed by atoms with E-state index in [1.165, 1.54) is 0 Å². The molecule has 0 aliphatic heterocycles. The normalized spacial score (nSPS) is 10.5. The summed E-state index contributed by atoms with van der Waals surface area (Å²) in [5, 5.41) is 10.2. The Morgan fingerprint density at radius 2 is 2.19 bits per heavy atom. The lowest BCUT2D eigenvalue weighted by Gasteiger charge is -2.09. The predicted molar refractivity (Wildman–Crippen MR) is 79.3 cm³/mol. The predicted octanol–water partition coefficient (Wildman–Crippen LogP) is 1.17. The van der Waals surface area contributed by atoms with Gasteiger partial charge in [0.2, 0.25) is 0 Å². The van der Waals surface area contributed by atoms with Crippen LogP contribution in [-0.2, 0) is 6.54 Å². The van der Waals surface area contributed by atoms with Crippen molar-refractivity contribution in [2.45, 2.75) is 6.54 Å². The number of nitrogens with two attached hydrogens (primary N) is 1. The van der Waals surface area contributed by atoms with Crippen molar-refractivity contribution in [2.24, 2.45) is 5.84 Å². The molecule has 3 rings (SSSR count). The van der Waals surface area contributed by atoms with Gasteiger partial charge in [-0.15, -0.1) is 0 Å². The van der Waals surface area contributed by atoms with Crippen LogP contribution >= 0.6 is 0 Å². The zero-order chi connectivity index (χ0) is 14.7. The second kappa shape index (κ2) is 5.59. The van der Waals surface area contributed by atoms with Crippen LogP contribution in [0.25, 0.3) is 10.9 Å². The first kappa shape index (κ1) is 13.1. The monoisotopic (exact) mass is 282 g/mol. The lowest BCUT2D eigenvalue weighted by molar-refractivity contribution is 0.0952. The number of carbonyl (C=O) groups is 1. The Morgan fingerprint density at radius 1 is 1.33 bits per heavy atom. The highest BCUT2D eigenvalue weighted by molar-refractivity contribution is 6.06. The fourth-order valence-corrected chi connectivity index (χ4v) is 2.09. The molecule has 0 spiro atoms. The maximum absolute atomic E-state index is 12.4. The highest BCUT2D eigenvalue weighted by Gasteiger charge is 2.12. The van der Waals surface area contributed by atoms with Crippen LogP contribution in [0.2, 0.25) is 0 Å². The van der Waals surface area contributed by atoms with Crippen molar-refractivity contribution in [1.29, 1.82) is 0 Å². The van der Waals surface area contributed by atoms with Gasteiger partial charge in [0.05, 0.1) is 17.3 Å². The Bertz CT molecular complexity index is 768. The highest BCUT2D eigenvalue weighted by atomic mass is 16.1. The zero-order valence-corrected chi connectivity index (χ0v) is 11.1. The molecule has 0 aliphatic rings. The molecule has 21 heavy (non-hydrogen) atoms. The number of hydrazine groups is 1. The van der Waals surface area contributed by atoms with Gasteiger partial charge >= 0.3 is 0 Å². The molecule has 0 atom stereocenters. The number of fused-ring (bicyclic) bond motifs is 1. The van der Waals surface area contributed by atoms with Crippen LogP contribution in [0.3, 0.4) is 0 Å². The number of anilines is 1. The summed E-state index contributed by atoms with van der Waals surface area (Å²) in [5.74, 6) is 5.66. The van der Waals surface area contributed by atoms with Crippen molar-refractivity contribution in [2.75, 3.05) is 5.43 Å². The number of hydrogen-bond acceptors (Lipinski definition) is 5. The summed E-state index contributed by atoms with van der Waals surface area (Å²) in [7, 11) is 0. The minimum atomic E-state index is -0.189. The number of rotatable bonds is 4. The quantitative estimate of drug-likeness (QED) is 0.424. The number of hydrogen-bond donors (Lipinski definition) is 4. The third-order valence-electron chi connectivity index (χ3n) is 3.12. The molecule has 0 unspecified atom stereocenters. The van der Waals surface area contributed by atoms with E-state index in [1.54, 1.807) is 18.5 Å². The summed E-state index contributed by atoms with van der Waals surface area (Å²) in [6, 6.07) is 9.06. The number of aromatic amines is 1. The summed E-state index contributed by atoms with van der Waals surface area (Å²) in [4.78, 5) is 16.7. The first-order valence-corrected chi connectivity index (χ1v) is 6.40. The number of carbonyl (C=O) groups excluding carboxylic acids is 1. The first-order chi connectivity index (χ1) is 10.3. The van der Waals surface area contributed by atoms with Crippen LogP contribution < -0.4 is 16.6 Å². The molecule has 0 fully saturated rings. The summed E-state index contributed by atoms with van der Waals surface area (Å²) in [6.07, 6.45) is 3.40. The fourth-order valence-electron chi connectivity index (χ4n) is 2.09. The van der Waals surface area contributed by atoms with E-state index >= 15 is 0 Å². The van der Waals surface area contributed by atoms with Gasteiger partial charge in [-0.25, -0.2) is 10.8 Å². The number of nitrogens with one attached hydrogen (secondary N) is 3. The van der Waals surface area contributed by atoms with Gasteiger partial charge in [-0.3, -0.25) is 9.89 Å². The van der Waals surface area contributed by atoms with Gasteiger partial charge in [0.1, 0.15) is 5.82 Å². The Kier molecular flexibility index (Phi) is 3.48. The number of benzene rings is 1. The van der Waals surface area contributed by atoms with Crippen LogP contribution in [0.4, 0.5) is 5.82 Å². The second-order valence-electron chi connectivity index (χ2n) is 4.51. The molecule has 0 bridgehead atoms. The smallest absolute Gasteiger partial charge is 0.252 e. The number of para-hydroxylation sites is 1. The van der Waals surface area contributed by atoms with Crippen molar-refractivity contribution in [3.8, 4) is 0 Å². The molecule has 106 valence electrons. The summed E-state index contributed by atoms with van der Waals surface area (Å²) in [6.45, 7) is 0.400. The van der Waals surface area contributed by atoms with Crippen molar-refractivity contribution in [3.63, 3.8) is 0 Å². The average Bonchev–Trinajstić information content (AvgIpc) is 3.05. The number of aromatic nitrogens is 3. The zero-order valence-electron chi connectivity index (χ0n) is 11.1. The highest BCUT2D eigenvalue weighted by Crippen LogP contribution is 2.20. The van der Waals surface area contributed by atoms with Gasteiger partial charge in [0, 0.05) is 23.7 Å². The maximum Gasteiger partial charge on any atom is 0.252 e. The molecule has 0 saturated heterocycles. The lowest BCUT2D eigenvalue weighted by Crippen LogP contribution is -2.23. The van der Waals surface area contributed by atoms with Gasteiger partial charge in [0.25, 0.3) is 5.91 Å². The van der Waals surface area contributed by atoms with E-state index in [9.17, 15) is 4.79 Å². The van der Waals surface area contributed by atoms with E-state index in [2.05, 4.69) is 25.9 Å². The molecule has 2 heterocycles. The minimum Gasteiger partial charge on any atom is -0.348 e. The molecule has 5 N–H and O–H groups in total.